The summed E-state index contributed by atoms with van der Waals surface area (Å²) in [4.78, 5) is 18.7. The molecule has 2 aliphatic rings. The second-order valence-corrected chi connectivity index (χ2v) is 6.59. The van der Waals surface area contributed by atoms with E-state index in [1.165, 1.54) is 6.20 Å². The van der Waals surface area contributed by atoms with Crippen LogP contribution in [0.25, 0.3) is 0 Å². The topological polar surface area (TPSA) is 72.9 Å². The number of aromatic nitrogens is 1. The van der Waals surface area contributed by atoms with E-state index in [0.717, 1.165) is 45.7 Å². The van der Waals surface area contributed by atoms with Crippen molar-refractivity contribution in [3.8, 4) is 5.88 Å². The molecule has 0 aliphatic carbocycles. The fourth-order valence-corrected chi connectivity index (χ4v) is 3.04. The zero-order chi connectivity index (χ0) is 17.5. The molecule has 1 atom stereocenters. The van der Waals surface area contributed by atoms with E-state index in [1.54, 1.807) is 6.07 Å². The van der Waals surface area contributed by atoms with E-state index in [1.807, 2.05) is 0 Å². The summed E-state index contributed by atoms with van der Waals surface area (Å²) in [5, 5.41) is 3.24. The third-order valence-corrected chi connectivity index (χ3v) is 4.55. The van der Waals surface area contributed by atoms with Crippen LogP contribution >= 0.6 is 11.6 Å². The van der Waals surface area contributed by atoms with E-state index in [2.05, 4.69) is 15.2 Å². The SMILES string of the molecule is O=C(NCCCN1CCOCC1)c1cnc(OC2CCOC2)c(Cl)c1. The number of hydrogen-bond acceptors (Lipinski definition) is 6. The van der Waals surface area contributed by atoms with E-state index < -0.39 is 0 Å². The number of rotatable bonds is 7. The highest BCUT2D eigenvalue weighted by molar-refractivity contribution is 6.32. The lowest BCUT2D eigenvalue weighted by Gasteiger charge is -2.26. The van der Waals surface area contributed by atoms with Gasteiger partial charge in [0.2, 0.25) is 5.88 Å². The van der Waals surface area contributed by atoms with Crippen molar-refractivity contribution < 1.29 is 19.0 Å². The lowest BCUT2D eigenvalue weighted by Crippen LogP contribution is -2.38. The van der Waals surface area contributed by atoms with Gasteiger partial charge < -0.3 is 19.5 Å². The first kappa shape index (κ1) is 18.4. The van der Waals surface area contributed by atoms with E-state index in [9.17, 15) is 4.79 Å². The quantitative estimate of drug-likeness (QED) is 0.731. The summed E-state index contributed by atoms with van der Waals surface area (Å²) < 4.78 is 16.3. The van der Waals surface area contributed by atoms with Gasteiger partial charge in [0.25, 0.3) is 5.91 Å². The van der Waals surface area contributed by atoms with Gasteiger partial charge in [-0.3, -0.25) is 9.69 Å². The van der Waals surface area contributed by atoms with Crippen LogP contribution in [0.3, 0.4) is 0 Å². The number of ether oxygens (including phenoxy) is 3. The molecule has 1 aromatic heterocycles. The molecular formula is C17H24ClN3O4. The van der Waals surface area contributed by atoms with E-state index in [4.69, 9.17) is 25.8 Å². The third kappa shape index (κ3) is 5.54. The van der Waals surface area contributed by atoms with Gasteiger partial charge in [-0.2, -0.15) is 0 Å². The average Bonchev–Trinajstić information content (AvgIpc) is 3.14. The molecule has 3 rings (SSSR count). The molecular weight excluding hydrogens is 346 g/mol. The highest BCUT2D eigenvalue weighted by Crippen LogP contribution is 2.25. The highest BCUT2D eigenvalue weighted by atomic mass is 35.5. The third-order valence-electron chi connectivity index (χ3n) is 4.28. The Kier molecular flexibility index (Phi) is 6.86. The molecule has 0 spiro atoms. The Morgan fingerprint density at radius 1 is 1.36 bits per heavy atom. The number of carbonyl (C=O) groups excluding carboxylic acids is 1. The second kappa shape index (κ2) is 9.33. The predicted molar refractivity (Wildman–Crippen MR) is 93.3 cm³/mol. The van der Waals surface area contributed by atoms with Crippen LogP contribution in [0.15, 0.2) is 12.3 Å². The summed E-state index contributed by atoms with van der Waals surface area (Å²) in [6.45, 7) is 6.30. The fraction of sp³-hybridized carbons (Fsp3) is 0.647. The van der Waals surface area contributed by atoms with Crippen LogP contribution in [0.5, 0.6) is 5.88 Å². The Balaban J connectivity index is 1.42. The van der Waals surface area contributed by atoms with Crippen LogP contribution in [0.1, 0.15) is 23.2 Å². The van der Waals surface area contributed by atoms with Crippen LogP contribution < -0.4 is 10.1 Å². The normalized spacial score (nSPS) is 21.2. The molecule has 1 N–H and O–H groups in total. The van der Waals surface area contributed by atoms with Crippen LogP contribution in [0, 0.1) is 0 Å². The Hall–Kier alpha value is -1.41. The number of morpholine rings is 1. The minimum Gasteiger partial charge on any atom is -0.471 e. The number of carbonyl (C=O) groups is 1. The van der Waals surface area contributed by atoms with Crippen molar-refractivity contribution in [1.82, 2.24) is 15.2 Å². The molecule has 0 radical (unpaired) electrons. The first-order chi connectivity index (χ1) is 12.2. The zero-order valence-electron chi connectivity index (χ0n) is 14.2. The molecule has 7 nitrogen and oxygen atoms in total. The number of nitrogens with zero attached hydrogens (tertiary/aromatic N) is 2. The second-order valence-electron chi connectivity index (χ2n) is 6.18. The minimum absolute atomic E-state index is 0.0233. The molecule has 8 heteroatoms. The predicted octanol–water partition coefficient (Wildman–Crippen LogP) is 1.35. The lowest BCUT2D eigenvalue weighted by molar-refractivity contribution is 0.0374. The molecule has 1 amide bonds. The van der Waals surface area contributed by atoms with Crippen molar-refractivity contribution in [1.29, 1.82) is 0 Å². The average molecular weight is 370 g/mol. The smallest absolute Gasteiger partial charge is 0.252 e. The zero-order valence-corrected chi connectivity index (χ0v) is 15.0. The maximum absolute atomic E-state index is 12.2. The van der Waals surface area contributed by atoms with Gasteiger partial charge in [-0.25, -0.2) is 4.98 Å². The van der Waals surface area contributed by atoms with Gasteiger partial charge in [0.05, 0.1) is 32.0 Å². The van der Waals surface area contributed by atoms with Gasteiger partial charge in [-0.05, 0) is 19.0 Å². The minimum atomic E-state index is -0.174. The highest BCUT2D eigenvalue weighted by Gasteiger charge is 2.20. The van der Waals surface area contributed by atoms with Crippen molar-refractivity contribution >= 4 is 17.5 Å². The Labute approximate surface area is 152 Å². The van der Waals surface area contributed by atoms with Crippen molar-refractivity contribution in [2.75, 3.05) is 52.6 Å². The number of halogens is 1. The largest absolute Gasteiger partial charge is 0.471 e. The molecule has 3 heterocycles. The Morgan fingerprint density at radius 3 is 2.92 bits per heavy atom. The molecule has 0 aromatic carbocycles. The Bertz CT molecular complexity index is 575. The van der Waals surface area contributed by atoms with Gasteiger partial charge in [-0.1, -0.05) is 11.6 Å². The van der Waals surface area contributed by atoms with Gasteiger partial charge in [-0.15, -0.1) is 0 Å². The summed E-state index contributed by atoms with van der Waals surface area (Å²) >= 11 is 6.19. The lowest BCUT2D eigenvalue weighted by atomic mass is 10.2. The van der Waals surface area contributed by atoms with E-state index >= 15 is 0 Å². The molecule has 2 saturated heterocycles. The van der Waals surface area contributed by atoms with Crippen molar-refractivity contribution in [2.45, 2.75) is 18.9 Å². The van der Waals surface area contributed by atoms with Crippen molar-refractivity contribution in [3.63, 3.8) is 0 Å². The number of pyridine rings is 1. The summed E-state index contributed by atoms with van der Waals surface area (Å²) in [5.74, 6) is 0.174. The monoisotopic (exact) mass is 369 g/mol. The summed E-state index contributed by atoms with van der Waals surface area (Å²) in [6.07, 6.45) is 3.19. The van der Waals surface area contributed by atoms with Gasteiger partial charge in [0.1, 0.15) is 11.1 Å². The Morgan fingerprint density at radius 2 is 2.20 bits per heavy atom. The van der Waals surface area contributed by atoms with Crippen LogP contribution in [-0.4, -0.2) is 74.5 Å². The van der Waals surface area contributed by atoms with E-state index in [0.29, 0.717) is 36.2 Å². The maximum atomic E-state index is 12.2. The van der Waals surface area contributed by atoms with Crippen LogP contribution in [0.2, 0.25) is 5.02 Å². The molecule has 25 heavy (non-hydrogen) atoms. The first-order valence-electron chi connectivity index (χ1n) is 8.70. The summed E-state index contributed by atoms with van der Waals surface area (Å²) in [7, 11) is 0. The molecule has 0 saturated carbocycles. The summed E-state index contributed by atoms with van der Waals surface area (Å²) in [6, 6.07) is 1.59. The van der Waals surface area contributed by atoms with Gasteiger partial charge >= 0.3 is 0 Å². The standard InChI is InChI=1S/C17H24ClN3O4/c18-15-10-13(11-20-17(15)25-14-2-7-24-12-14)16(22)19-3-1-4-21-5-8-23-9-6-21/h10-11,14H,1-9,12H2,(H,19,22). The summed E-state index contributed by atoms with van der Waals surface area (Å²) in [5.41, 5.74) is 0.436. The van der Waals surface area contributed by atoms with Crippen LogP contribution in [0.4, 0.5) is 0 Å². The molecule has 2 aliphatic heterocycles. The first-order valence-corrected chi connectivity index (χ1v) is 9.08. The number of nitrogens with one attached hydrogen (secondary N) is 1. The molecule has 0 bridgehead atoms. The number of amides is 1. The molecule has 138 valence electrons. The molecule has 2 fully saturated rings. The fourth-order valence-electron chi connectivity index (χ4n) is 2.83. The van der Waals surface area contributed by atoms with Crippen LogP contribution in [-0.2, 0) is 9.47 Å². The van der Waals surface area contributed by atoms with E-state index in [-0.39, 0.29) is 12.0 Å². The maximum Gasteiger partial charge on any atom is 0.252 e. The van der Waals surface area contributed by atoms with Crippen molar-refractivity contribution in [2.24, 2.45) is 0 Å². The van der Waals surface area contributed by atoms with Gasteiger partial charge in [0.15, 0.2) is 0 Å². The van der Waals surface area contributed by atoms with Gasteiger partial charge in [0, 0.05) is 32.3 Å². The molecule has 1 unspecified atom stereocenters. The molecule has 1 aromatic rings. The van der Waals surface area contributed by atoms with Crippen molar-refractivity contribution in [3.05, 3.63) is 22.8 Å². The number of hydrogen-bond donors (Lipinski definition) is 1.